The molecule has 1 heterocycles. The van der Waals surface area contributed by atoms with Gasteiger partial charge in [-0.2, -0.15) is 5.10 Å². The molecule has 0 aliphatic carbocycles. The monoisotopic (exact) mass is 228 g/mol. The molecule has 4 nitrogen and oxygen atoms in total. The topological polar surface area (TPSA) is 52.0 Å². The van der Waals surface area contributed by atoms with E-state index in [1.54, 1.807) is 49.0 Å². The van der Waals surface area contributed by atoms with Crippen molar-refractivity contribution in [3.8, 4) is 0 Å². The number of ketones is 2. The number of Topliss-reactive ketones (excluding diaryl/α,β-unsaturated/α-hetero) is 2. The number of benzene rings is 1. The maximum absolute atomic E-state index is 12.0. The molecule has 0 fully saturated rings. The summed E-state index contributed by atoms with van der Waals surface area (Å²) in [5, 5.41) is 3.96. The third-order valence-corrected chi connectivity index (χ3v) is 2.72. The number of aromatic nitrogens is 2. The molecule has 0 saturated carbocycles. The first-order chi connectivity index (χ1) is 8.11. The van der Waals surface area contributed by atoms with E-state index in [2.05, 4.69) is 5.10 Å². The Morgan fingerprint density at radius 3 is 2.29 bits per heavy atom. The van der Waals surface area contributed by atoms with Crippen molar-refractivity contribution in [3.05, 3.63) is 53.3 Å². The van der Waals surface area contributed by atoms with Crippen LogP contribution in [0.5, 0.6) is 0 Å². The molecule has 0 amide bonds. The second-order valence-corrected chi connectivity index (χ2v) is 3.79. The van der Waals surface area contributed by atoms with Gasteiger partial charge in [0.25, 0.3) is 0 Å². The van der Waals surface area contributed by atoms with Crippen LogP contribution in [-0.2, 0) is 7.05 Å². The van der Waals surface area contributed by atoms with Crippen molar-refractivity contribution in [1.82, 2.24) is 9.78 Å². The van der Waals surface area contributed by atoms with Gasteiger partial charge >= 0.3 is 0 Å². The van der Waals surface area contributed by atoms with E-state index in [1.165, 1.54) is 6.20 Å². The Balaban J connectivity index is 2.34. The van der Waals surface area contributed by atoms with E-state index in [4.69, 9.17) is 0 Å². The largest absolute Gasteiger partial charge is 0.285 e. The lowest BCUT2D eigenvalue weighted by Gasteiger charge is -2.00. The number of carbonyl (C=O) groups excluding carboxylic acids is 2. The molecular weight excluding hydrogens is 216 g/mol. The average molecular weight is 228 g/mol. The van der Waals surface area contributed by atoms with Crippen LogP contribution in [0.15, 0.2) is 36.5 Å². The summed E-state index contributed by atoms with van der Waals surface area (Å²) in [4.78, 5) is 23.9. The second kappa shape index (κ2) is 4.33. The van der Waals surface area contributed by atoms with Gasteiger partial charge in [0.2, 0.25) is 11.6 Å². The number of rotatable bonds is 3. The minimum absolute atomic E-state index is 0.362. The zero-order valence-corrected chi connectivity index (χ0v) is 9.68. The fourth-order valence-electron chi connectivity index (χ4n) is 1.56. The molecule has 2 rings (SSSR count). The fraction of sp³-hybridized carbons (Fsp3) is 0.154. The normalized spacial score (nSPS) is 10.2. The first-order valence-electron chi connectivity index (χ1n) is 5.24. The minimum atomic E-state index is -0.512. The Morgan fingerprint density at radius 2 is 1.76 bits per heavy atom. The first kappa shape index (κ1) is 11.3. The van der Waals surface area contributed by atoms with E-state index in [9.17, 15) is 9.59 Å². The van der Waals surface area contributed by atoms with Crippen LogP contribution in [0.3, 0.4) is 0 Å². The molecule has 86 valence electrons. The van der Waals surface area contributed by atoms with Crippen LogP contribution in [0.2, 0.25) is 0 Å². The van der Waals surface area contributed by atoms with Crippen LogP contribution < -0.4 is 0 Å². The third kappa shape index (κ3) is 2.01. The van der Waals surface area contributed by atoms with Crippen molar-refractivity contribution in [3.63, 3.8) is 0 Å². The minimum Gasteiger partial charge on any atom is -0.285 e. The summed E-state index contributed by atoms with van der Waals surface area (Å²) in [6.45, 7) is 1.76. The molecule has 0 bridgehead atoms. The summed E-state index contributed by atoms with van der Waals surface area (Å²) < 4.78 is 1.57. The van der Waals surface area contributed by atoms with E-state index >= 15 is 0 Å². The van der Waals surface area contributed by atoms with Gasteiger partial charge in [0.1, 0.15) is 0 Å². The molecule has 0 spiro atoms. The summed E-state index contributed by atoms with van der Waals surface area (Å²) in [5.41, 5.74) is 1.46. The maximum atomic E-state index is 12.0. The summed E-state index contributed by atoms with van der Waals surface area (Å²) in [7, 11) is 1.74. The molecule has 0 N–H and O–H groups in total. The molecule has 0 saturated heterocycles. The zero-order chi connectivity index (χ0) is 12.4. The van der Waals surface area contributed by atoms with Crippen molar-refractivity contribution in [2.45, 2.75) is 6.92 Å². The fourth-order valence-corrected chi connectivity index (χ4v) is 1.56. The molecule has 0 aliphatic heterocycles. The van der Waals surface area contributed by atoms with Crippen molar-refractivity contribution in [2.75, 3.05) is 0 Å². The number of nitrogens with zero attached hydrogens (tertiary/aromatic N) is 2. The molecule has 1 aromatic carbocycles. The highest BCUT2D eigenvalue weighted by molar-refractivity contribution is 6.49. The van der Waals surface area contributed by atoms with E-state index in [0.29, 0.717) is 16.8 Å². The molecule has 2 aromatic rings. The molecule has 0 radical (unpaired) electrons. The molecule has 4 heteroatoms. The van der Waals surface area contributed by atoms with Crippen molar-refractivity contribution in [1.29, 1.82) is 0 Å². The summed E-state index contributed by atoms with van der Waals surface area (Å²) >= 11 is 0. The Labute approximate surface area is 98.9 Å². The van der Waals surface area contributed by atoms with Crippen LogP contribution in [0, 0.1) is 6.92 Å². The SMILES string of the molecule is Cc1c(C(=O)C(=O)c2ccccc2)cnn1C. The van der Waals surface area contributed by atoms with Gasteiger partial charge < -0.3 is 0 Å². The lowest BCUT2D eigenvalue weighted by molar-refractivity contribution is 0.0816. The van der Waals surface area contributed by atoms with Crippen LogP contribution >= 0.6 is 0 Å². The van der Waals surface area contributed by atoms with Gasteiger partial charge in [-0.1, -0.05) is 30.3 Å². The molecule has 17 heavy (non-hydrogen) atoms. The molecule has 0 aliphatic rings. The predicted octanol–water partition coefficient (Wildman–Crippen LogP) is 1.79. The predicted molar refractivity (Wildman–Crippen MR) is 63.0 cm³/mol. The molecular formula is C13H12N2O2. The van der Waals surface area contributed by atoms with E-state index < -0.39 is 11.6 Å². The number of carbonyl (C=O) groups is 2. The van der Waals surface area contributed by atoms with Crippen LogP contribution in [-0.4, -0.2) is 21.3 Å². The lowest BCUT2D eigenvalue weighted by Crippen LogP contribution is -2.15. The Hall–Kier alpha value is -2.23. The second-order valence-electron chi connectivity index (χ2n) is 3.79. The highest BCUT2D eigenvalue weighted by atomic mass is 16.2. The lowest BCUT2D eigenvalue weighted by atomic mass is 10.0. The van der Waals surface area contributed by atoms with Crippen LogP contribution in [0.4, 0.5) is 0 Å². The molecule has 1 aromatic heterocycles. The molecule has 0 unspecified atom stereocenters. The van der Waals surface area contributed by atoms with Gasteiger partial charge in [0.05, 0.1) is 11.8 Å². The highest BCUT2D eigenvalue weighted by Gasteiger charge is 2.21. The number of hydrogen-bond donors (Lipinski definition) is 0. The standard InChI is InChI=1S/C13H12N2O2/c1-9-11(8-14-15(9)2)13(17)12(16)10-6-4-3-5-7-10/h3-8H,1-2H3. The Morgan fingerprint density at radius 1 is 1.12 bits per heavy atom. The van der Waals surface area contributed by atoms with Gasteiger partial charge in [-0.15, -0.1) is 0 Å². The summed E-state index contributed by atoms with van der Waals surface area (Å²) in [6, 6.07) is 8.53. The Kier molecular flexibility index (Phi) is 2.87. The maximum Gasteiger partial charge on any atom is 0.236 e. The van der Waals surface area contributed by atoms with Crippen LogP contribution in [0.1, 0.15) is 26.4 Å². The van der Waals surface area contributed by atoms with Gasteiger partial charge in [0.15, 0.2) is 0 Å². The first-order valence-corrected chi connectivity index (χ1v) is 5.24. The van der Waals surface area contributed by atoms with Gasteiger partial charge in [-0.05, 0) is 6.92 Å². The number of hydrogen-bond acceptors (Lipinski definition) is 3. The van der Waals surface area contributed by atoms with Crippen molar-refractivity contribution < 1.29 is 9.59 Å². The highest BCUT2D eigenvalue weighted by Crippen LogP contribution is 2.11. The summed E-state index contributed by atoms with van der Waals surface area (Å²) in [5.74, 6) is -1.01. The number of aryl methyl sites for hydroxylation is 1. The summed E-state index contributed by atoms with van der Waals surface area (Å²) in [6.07, 6.45) is 1.43. The molecule has 0 atom stereocenters. The Bertz CT molecular complexity index is 570. The van der Waals surface area contributed by atoms with Gasteiger partial charge in [-0.25, -0.2) is 0 Å². The van der Waals surface area contributed by atoms with Gasteiger partial charge in [-0.3, -0.25) is 14.3 Å². The van der Waals surface area contributed by atoms with E-state index in [-0.39, 0.29) is 0 Å². The van der Waals surface area contributed by atoms with Gasteiger partial charge in [0, 0.05) is 18.3 Å². The van der Waals surface area contributed by atoms with E-state index in [0.717, 1.165) is 0 Å². The van der Waals surface area contributed by atoms with E-state index in [1.807, 2.05) is 0 Å². The average Bonchev–Trinajstić information content (AvgIpc) is 2.69. The smallest absolute Gasteiger partial charge is 0.236 e. The third-order valence-electron chi connectivity index (χ3n) is 2.72. The van der Waals surface area contributed by atoms with Crippen molar-refractivity contribution in [2.24, 2.45) is 7.05 Å². The van der Waals surface area contributed by atoms with Crippen molar-refractivity contribution >= 4 is 11.6 Å². The van der Waals surface area contributed by atoms with Crippen LogP contribution in [0.25, 0.3) is 0 Å². The zero-order valence-electron chi connectivity index (χ0n) is 9.68. The quantitative estimate of drug-likeness (QED) is 0.594.